The minimum atomic E-state index is -2.83. The van der Waals surface area contributed by atoms with E-state index in [0.29, 0.717) is 0 Å². The Morgan fingerprint density at radius 3 is 2.67 bits per heavy atom. The maximum absolute atomic E-state index is 12.5. The molecule has 1 aromatic heterocycles. The molecule has 1 rings (SSSR count). The molecule has 0 aromatic carbocycles. The first kappa shape index (κ1) is 11.9. The molecule has 0 spiro atoms. The maximum atomic E-state index is 12.5. The highest BCUT2D eigenvalue weighted by molar-refractivity contribution is 9.10. The fourth-order valence-electron chi connectivity index (χ4n) is 1.01. The van der Waals surface area contributed by atoms with Gasteiger partial charge in [0.1, 0.15) is 0 Å². The van der Waals surface area contributed by atoms with Crippen LogP contribution in [0.4, 0.5) is 14.5 Å². The van der Waals surface area contributed by atoms with Crippen LogP contribution >= 0.6 is 15.9 Å². The molecule has 8 heteroatoms. The van der Waals surface area contributed by atoms with Crippen LogP contribution in [0, 0.1) is 10.1 Å². The van der Waals surface area contributed by atoms with Crippen molar-refractivity contribution in [2.24, 2.45) is 5.73 Å². The van der Waals surface area contributed by atoms with Gasteiger partial charge in [-0.15, -0.1) is 0 Å². The van der Waals surface area contributed by atoms with Crippen molar-refractivity contribution in [1.29, 1.82) is 0 Å². The molecule has 82 valence electrons. The molecule has 0 saturated carbocycles. The van der Waals surface area contributed by atoms with E-state index < -0.39 is 22.6 Å². The number of nitrogens with two attached hydrogens (primary N) is 1. The first-order valence-corrected chi connectivity index (χ1v) is 4.58. The zero-order valence-electron chi connectivity index (χ0n) is 7.28. The van der Waals surface area contributed by atoms with Crippen molar-refractivity contribution in [2.45, 2.75) is 13.0 Å². The second-order valence-electron chi connectivity index (χ2n) is 2.60. The predicted octanol–water partition coefficient (Wildman–Crippen LogP) is 2.15. The molecule has 0 atom stereocenters. The molecule has 0 radical (unpaired) electrons. The molecule has 0 unspecified atom stereocenters. The highest BCUT2D eigenvalue weighted by atomic mass is 79.9. The lowest BCUT2D eigenvalue weighted by Gasteiger charge is -2.06. The summed E-state index contributed by atoms with van der Waals surface area (Å²) in [6.07, 6.45) is -2.83. The van der Waals surface area contributed by atoms with Crippen LogP contribution in [0.3, 0.4) is 0 Å². The molecular weight excluding hydrogens is 276 g/mol. The normalized spacial score (nSPS) is 10.7. The summed E-state index contributed by atoms with van der Waals surface area (Å²) >= 11 is 2.82. The van der Waals surface area contributed by atoms with E-state index in [2.05, 4.69) is 20.9 Å². The van der Waals surface area contributed by atoms with E-state index in [1.54, 1.807) is 0 Å². The van der Waals surface area contributed by atoms with Gasteiger partial charge in [0.15, 0.2) is 4.60 Å². The van der Waals surface area contributed by atoms with Gasteiger partial charge in [0.05, 0.1) is 10.6 Å². The van der Waals surface area contributed by atoms with Crippen LogP contribution in [-0.4, -0.2) is 9.91 Å². The molecule has 0 aliphatic heterocycles. The van der Waals surface area contributed by atoms with E-state index in [0.717, 1.165) is 6.07 Å². The van der Waals surface area contributed by atoms with Crippen LogP contribution in [0.5, 0.6) is 0 Å². The zero-order valence-corrected chi connectivity index (χ0v) is 8.87. The Morgan fingerprint density at radius 1 is 1.67 bits per heavy atom. The number of rotatable bonds is 3. The molecule has 0 fully saturated rings. The van der Waals surface area contributed by atoms with Crippen LogP contribution in [0.15, 0.2) is 10.7 Å². The van der Waals surface area contributed by atoms with Crippen molar-refractivity contribution in [2.75, 3.05) is 0 Å². The van der Waals surface area contributed by atoms with Gasteiger partial charge in [-0.25, -0.2) is 13.8 Å². The summed E-state index contributed by atoms with van der Waals surface area (Å²) in [5.41, 5.74) is 4.14. The van der Waals surface area contributed by atoms with Crippen molar-refractivity contribution < 1.29 is 13.7 Å². The Bertz CT molecular complexity index is 400. The fourth-order valence-corrected chi connectivity index (χ4v) is 1.48. The topological polar surface area (TPSA) is 82.0 Å². The second-order valence-corrected chi connectivity index (χ2v) is 3.35. The Balaban J connectivity index is 3.37. The average molecular weight is 282 g/mol. The van der Waals surface area contributed by atoms with Crippen LogP contribution < -0.4 is 5.73 Å². The Hall–Kier alpha value is -1.15. The Labute approximate surface area is 91.6 Å². The van der Waals surface area contributed by atoms with Gasteiger partial charge >= 0.3 is 5.69 Å². The highest BCUT2D eigenvalue weighted by Gasteiger charge is 2.22. The van der Waals surface area contributed by atoms with E-state index >= 15 is 0 Å². The first-order chi connectivity index (χ1) is 6.97. The van der Waals surface area contributed by atoms with Crippen LogP contribution in [0.25, 0.3) is 0 Å². The standard InChI is InChI=1S/C7H6BrF2N3O2/c8-6-5(13(14)15)1-3(7(9)10)4(2-11)12-6/h1,7H,2,11H2. The molecule has 0 aliphatic carbocycles. The van der Waals surface area contributed by atoms with Crippen molar-refractivity contribution in [1.82, 2.24) is 4.98 Å². The van der Waals surface area contributed by atoms with Crippen molar-refractivity contribution in [3.05, 3.63) is 32.0 Å². The van der Waals surface area contributed by atoms with Gasteiger partial charge < -0.3 is 5.73 Å². The molecule has 0 amide bonds. The number of halogens is 3. The summed E-state index contributed by atoms with van der Waals surface area (Å²) in [5, 5.41) is 10.5. The smallest absolute Gasteiger partial charge is 0.302 e. The second kappa shape index (κ2) is 4.58. The third-order valence-corrected chi connectivity index (χ3v) is 2.28. The van der Waals surface area contributed by atoms with E-state index in [-0.39, 0.29) is 16.8 Å². The summed E-state index contributed by atoms with van der Waals surface area (Å²) in [7, 11) is 0. The lowest BCUT2D eigenvalue weighted by molar-refractivity contribution is -0.386. The summed E-state index contributed by atoms with van der Waals surface area (Å²) in [4.78, 5) is 13.3. The van der Waals surface area contributed by atoms with Gasteiger partial charge in [0.2, 0.25) is 0 Å². The molecule has 1 aromatic rings. The molecule has 2 N–H and O–H groups in total. The summed E-state index contributed by atoms with van der Waals surface area (Å²) in [5.74, 6) is 0. The van der Waals surface area contributed by atoms with Crippen LogP contribution in [0.1, 0.15) is 17.7 Å². The van der Waals surface area contributed by atoms with E-state index in [1.165, 1.54) is 0 Å². The Kier molecular flexibility index (Phi) is 3.64. The molecular formula is C7H6BrF2N3O2. The largest absolute Gasteiger partial charge is 0.325 e. The number of nitro groups is 1. The third-order valence-electron chi connectivity index (χ3n) is 1.70. The van der Waals surface area contributed by atoms with E-state index in [1.807, 2.05) is 0 Å². The quantitative estimate of drug-likeness (QED) is 0.523. The van der Waals surface area contributed by atoms with Crippen molar-refractivity contribution >= 4 is 21.6 Å². The van der Waals surface area contributed by atoms with Gasteiger partial charge in [-0.1, -0.05) is 0 Å². The monoisotopic (exact) mass is 281 g/mol. The van der Waals surface area contributed by atoms with Gasteiger partial charge in [-0.2, -0.15) is 0 Å². The molecule has 0 aliphatic rings. The number of hydrogen-bond donors (Lipinski definition) is 1. The molecule has 15 heavy (non-hydrogen) atoms. The van der Waals surface area contributed by atoms with Crippen molar-refractivity contribution in [3.63, 3.8) is 0 Å². The molecule has 5 nitrogen and oxygen atoms in total. The zero-order chi connectivity index (χ0) is 11.6. The molecule has 0 saturated heterocycles. The average Bonchev–Trinajstić information content (AvgIpc) is 2.16. The summed E-state index contributed by atoms with van der Waals surface area (Å²) < 4.78 is 24.8. The lowest BCUT2D eigenvalue weighted by Crippen LogP contribution is -2.07. The fraction of sp³-hybridized carbons (Fsp3) is 0.286. The predicted molar refractivity (Wildman–Crippen MR) is 51.4 cm³/mol. The third kappa shape index (κ3) is 2.45. The lowest BCUT2D eigenvalue weighted by atomic mass is 10.2. The van der Waals surface area contributed by atoms with E-state index in [9.17, 15) is 18.9 Å². The van der Waals surface area contributed by atoms with Gasteiger partial charge in [-0.3, -0.25) is 10.1 Å². The summed E-state index contributed by atoms with van der Waals surface area (Å²) in [6, 6.07) is 0.782. The Morgan fingerprint density at radius 2 is 2.27 bits per heavy atom. The summed E-state index contributed by atoms with van der Waals surface area (Å²) in [6.45, 7) is -0.198. The number of alkyl halides is 2. The van der Waals surface area contributed by atoms with Gasteiger partial charge in [0.25, 0.3) is 6.43 Å². The molecule has 1 heterocycles. The van der Waals surface area contributed by atoms with Gasteiger partial charge in [-0.05, 0) is 15.9 Å². The van der Waals surface area contributed by atoms with Gasteiger partial charge in [0, 0.05) is 18.2 Å². The molecule has 0 bridgehead atoms. The van der Waals surface area contributed by atoms with Crippen LogP contribution in [0.2, 0.25) is 0 Å². The number of pyridine rings is 1. The first-order valence-electron chi connectivity index (χ1n) is 3.79. The maximum Gasteiger partial charge on any atom is 0.302 e. The SMILES string of the molecule is NCc1nc(Br)c([N+](=O)[O-])cc1C(F)F. The minimum absolute atomic E-state index is 0.0533. The minimum Gasteiger partial charge on any atom is -0.325 e. The number of nitrogens with zero attached hydrogens (tertiary/aromatic N) is 2. The van der Waals surface area contributed by atoms with Crippen molar-refractivity contribution in [3.8, 4) is 0 Å². The number of hydrogen-bond acceptors (Lipinski definition) is 4. The van der Waals surface area contributed by atoms with Crippen LogP contribution in [-0.2, 0) is 6.54 Å². The highest BCUT2D eigenvalue weighted by Crippen LogP contribution is 2.30. The van der Waals surface area contributed by atoms with E-state index in [4.69, 9.17) is 5.73 Å². The number of aromatic nitrogens is 1.